The predicted octanol–water partition coefficient (Wildman–Crippen LogP) is 3.96. The fourth-order valence-corrected chi connectivity index (χ4v) is 1.74. The van der Waals surface area contributed by atoms with Crippen LogP contribution in [-0.4, -0.2) is 9.97 Å². The Hall–Kier alpha value is -1.32. The molecule has 0 spiro atoms. The van der Waals surface area contributed by atoms with Crippen molar-refractivity contribution in [2.45, 2.75) is 13.0 Å². The molecule has 2 aromatic rings. The molecule has 1 unspecified atom stereocenters. The Kier molecular flexibility index (Phi) is 3.82. The lowest BCUT2D eigenvalue weighted by atomic mass is 10.1. The van der Waals surface area contributed by atoms with E-state index in [9.17, 15) is 0 Å². The maximum atomic E-state index is 5.84. The van der Waals surface area contributed by atoms with Gasteiger partial charge in [-0.3, -0.25) is 4.98 Å². The second-order valence-electron chi connectivity index (χ2n) is 3.64. The number of nitrogens with one attached hydrogen (secondary N) is 1. The van der Waals surface area contributed by atoms with E-state index in [1.165, 1.54) is 6.20 Å². The standard InChI is InChI=1S/C12H11Cl2N3/c1-8(9-2-4-10(13)5-3-9)16-12-7-15-6-11(14)17-12/h2-8H,1H3,(H,16,17). The average molecular weight is 268 g/mol. The predicted molar refractivity (Wildman–Crippen MR) is 70.5 cm³/mol. The molecule has 0 aliphatic rings. The Morgan fingerprint density at radius 1 is 1.12 bits per heavy atom. The summed E-state index contributed by atoms with van der Waals surface area (Å²) in [6.45, 7) is 2.03. The van der Waals surface area contributed by atoms with Crippen LogP contribution >= 0.6 is 23.2 Å². The summed E-state index contributed by atoms with van der Waals surface area (Å²) < 4.78 is 0. The number of hydrogen-bond acceptors (Lipinski definition) is 3. The molecule has 0 bridgehead atoms. The molecule has 0 aliphatic heterocycles. The van der Waals surface area contributed by atoms with Gasteiger partial charge in [-0.15, -0.1) is 0 Å². The van der Waals surface area contributed by atoms with Gasteiger partial charge in [0, 0.05) is 11.1 Å². The van der Waals surface area contributed by atoms with Crippen molar-refractivity contribution < 1.29 is 0 Å². The minimum atomic E-state index is 0.111. The molecule has 3 nitrogen and oxygen atoms in total. The molecule has 1 N–H and O–H groups in total. The number of rotatable bonds is 3. The minimum Gasteiger partial charge on any atom is -0.362 e. The molecule has 0 saturated heterocycles. The number of aromatic nitrogens is 2. The van der Waals surface area contributed by atoms with Gasteiger partial charge in [0.1, 0.15) is 11.0 Å². The Morgan fingerprint density at radius 2 is 1.82 bits per heavy atom. The van der Waals surface area contributed by atoms with E-state index in [0.717, 1.165) is 10.6 Å². The molecule has 88 valence electrons. The van der Waals surface area contributed by atoms with E-state index in [1.54, 1.807) is 6.20 Å². The van der Waals surface area contributed by atoms with Crippen molar-refractivity contribution >= 4 is 29.0 Å². The highest BCUT2D eigenvalue weighted by molar-refractivity contribution is 6.30. The van der Waals surface area contributed by atoms with Gasteiger partial charge in [0.05, 0.1) is 12.4 Å². The number of halogens is 2. The van der Waals surface area contributed by atoms with Gasteiger partial charge in [-0.2, -0.15) is 0 Å². The third kappa shape index (κ3) is 3.32. The highest BCUT2D eigenvalue weighted by Gasteiger charge is 2.06. The topological polar surface area (TPSA) is 37.8 Å². The van der Waals surface area contributed by atoms with Crippen LogP contribution in [0.4, 0.5) is 5.82 Å². The van der Waals surface area contributed by atoms with E-state index < -0.39 is 0 Å². The van der Waals surface area contributed by atoms with Crippen molar-refractivity contribution in [2.24, 2.45) is 0 Å². The number of anilines is 1. The number of hydrogen-bond donors (Lipinski definition) is 1. The van der Waals surface area contributed by atoms with Crippen molar-refractivity contribution in [2.75, 3.05) is 5.32 Å². The van der Waals surface area contributed by atoms with Crippen molar-refractivity contribution in [3.63, 3.8) is 0 Å². The number of benzene rings is 1. The fraction of sp³-hybridized carbons (Fsp3) is 0.167. The quantitative estimate of drug-likeness (QED) is 0.915. The van der Waals surface area contributed by atoms with Crippen molar-refractivity contribution in [3.05, 3.63) is 52.4 Å². The zero-order valence-corrected chi connectivity index (χ0v) is 10.7. The molecule has 0 amide bonds. The first-order valence-corrected chi connectivity index (χ1v) is 5.90. The third-order valence-electron chi connectivity index (χ3n) is 2.34. The third-order valence-corrected chi connectivity index (χ3v) is 2.77. The summed E-state index contributed by atoms with van der Waals surface area (Å²) in [6.07, 6.45) is 3.14. The first-order valence-electron chi connectivity index (χ1n) is 5.14. The van der Waals surface area contributed by atoms with E-state index in [2.05, 4.69) is 15.3 Å². The summed E-state index contributed by atoms with van der Waals surface area (Å²) in [4.78, 5) is 8.09. The van der Waals surface area contributed by atoms with E-state index in [-0.39, 0.29) is 6.04 Å². The summed E-state index contributed by atoms with van der Waals surface area (Å²) in [5.74, 6) is 0.653. The minimum absolute atomic E-state index is 0.111. The molecule has 1 aromatic heterocycles. The van der Waals surface area contributed by atoms with Crippen LogP contribution in [0.2, 0.25) is 10.2 Å². The molecule has 0 fully saturated rings. The van der Waals surface area contributed by atoms with Gasteiger partial charge in [-0.05, 0) is 24.6 Å². The van der Waals surface area contributed by atoms with Gasteiger partial charge in [0.25, 0.3) is 0 Å². The van der Waals surface area contributed by atoms with Crippen LogP contribution in [-0.2, 0) is 0 Å². The Morgan fingerprint density at radius 3 is 2.47 bits per heavy atom. The van der Waals surface area contributed by atoms with Crippen molar-refractivity contribution in [1.29, 1.82) is 0 Å². The van der Waals surface area contributed by atoms with Crippen LogP contribution in [0.15, 0.2) is 36.7 Å². The zero-order valence-electron chi connectivity index (χ0n) is 9.19. The van der Waals surface area contributed by atoms with Crippen LogP contribution in [0, 0.1) is 0 Å². The highest BCUT2D eigenvalue weighted by atomic mass is 35.5. The first kappa shape index (κ1) is 12.1. The van der Waals surface area contributed by atoms with E-state index >= 15 is 0 Å². The molecule has 2 rings (SSSR count). The van der Waals surface area contributed by atoms with Gasteiger partial charge in [0.2, 0.25) is 0 Å². The lowest BCUT2D eigenvalue weighted by molar-refractivity contribution is 0.871. The molecule has 5 heteroatoms. The maximum absolute atomic E-state index is 5.84. The van der Waals surface area contributed by atoms with Gasteiger partial charge in [0.15, 0.2) is 0 Å². The van der Waals surface area contributed by atoms with Crippen LogP contribution < -0.4 is 5.32 Å². The molecule has 0 saturated carbocycles. The molecule has 17 heavy (non-hydrogen) atoms. The molecule has 0 aliphatic carbocycles. The van der Waals surface area contributed by atoms with Crippen LogP contribution in [0.1, 0.15) is 18.5 Å². The second kappa shape index (κ2) is 5.34. The van der Waals surface area contributed by atoms with E-state index in [1.807, 2.05) is 31.2 Å². The van der Waals surface area contributed by atoms with Gasteiger partial charge >= 0.3 is 0 Å². The second-order valence-corrected chi connectivity index (χ2v) is 4.47. The summed E-state index contributed by atoms with van der Waals surface area (Å²) in [5, 5.41) is 4.32. The lowest BCUT2D eigenvalue weighted by Gasteiger charge is -2.14. The summed E-state index contributed by atoms with van der Waals surface area (Å²) >= 11 is 11.6. The van der Waals surface area contributed by atoms with Crippen molar-refractivity contribution in [3.8, 4) is 0 Å². The van der Waals surface area contributed by atoms with Crippen molar-refractivity contribution in [1.82, 2.24) is 9.97 Å². The lowest BCUT2D eigenvalue weighted by Crippen LogP contribution is -2.08. The smallest absolute Gasteiger partial charge is 0.149 e. The Balaban J connectivity index is 2.11. The number of nitrogens with zero attached hydrogens (tertiary/aromatic N) is 2. The first-order chi connectivity index (χ1) is 8.15. The molecule has 1 aromatic carbocycles. The largest absolute Gasteiger partial charge is 0.362 e. The molecular formula is C12H11Cl2N3. The van der Waals surface area contributed by atoms with Gasteiger partial charge in [-0.1, -0.05) is 35.3 Å². The van der Waals surface area contributed by atoms with E-state index in [4.69, 9.17) is 23.2 Å². The SMILES string of the molecule is CC(Nc1cncc(Cl)n1)c1ccc(Cl)cc1. The van der Waals surface area contributed by atoms with E-state index in [0.29, 0.717) is 11.0 Å². The molecule has 1 heterocycles. The Bertz CT molecular complexity index is 499. The molecular weight excluding hydrogens is 257 g/mol. The maximum Gasteiger partial charge on any atom is 0.149 e. The fourth-order valence-electron chi connectivity index (χ4n) is 1.47. The van der Waals surface area contributed by atoms with Gasteiger partial charge < -0.3 is 5.32 Å². The normalized spacial score (nSPS) is 12.2. The summed E-state index contributed by atoms with van der Waals surface area (Å²) in [6, 6.07) is 7.77. The highest BCUT2D eigenvalue weighted by Crippen LogP contribution is 2.20. The van der Waals surface area contributed by atoms with Crippen LogP contribution in [0.25, 0.3) is 0 Å². The zero-order chi connectivity index (χ0) is 12.3. The molecule has 1 atom stereocenters. The van der Waals surface area contributed by atoms with Crippen LogP contribution in [0.5, 0.6) is 0 Å². The van der Waals surface area contributed by atoms with Crippen LogP contribution in [0.3, 0.4) is 0 Å². The van der Waals surface area contributed by atoms with Gasteiger partial charge in [-0.25, -0.2) is 4.98 Å². The monoisotopic (exact) mass is 267 g/mol. The average Bonchev–Trinajstić information content (AvgIpc) is 2.29. The summed E-state index contributed by atoms with van der Waals surface area (Å²) in [7, 11) is 0. The Labute approximate surface area is 110 Å². The molecule has 0 radical (unpaired) electrons. The summed E-state index contributed by atoms with van der Waals surface area (Å²) in [5.41, 5.74) is 1.12.